The number of amides is 3. The average Bonchev–Trinajstić information content (AvgIpc) is 4.11. The van der Waals surface area contributed by atoms with Crippen LogP contribution in [0.3, 0.4) is 0 Å². The van der Waals surface area contributed by atoms with Gasteiger partial charge in [0.05, 0.1) is 43.2 Å². The summed E-state index contributed by atoms with van der Waals surface area (Å²) in [4.78, 5) is 52.9. The van der Waals surface area contributed by atoms with Gasteiger partial charge in [-0.2, -0.15) is 36.5 Å². The first-order valence-corrected chi connectivity index (χ1v) is 27.1. The van der Waals surface area contributed by atoms with E-state index in [-0.39, 0.29) is 50.7 Å². The Morgan fingerprint density at radius 2 is 0.962 bits per heavy atom. The number of fused-ring (bicyclic) bond motifs is 2. The lowest BCUT2D eigenvalue weighted by molar-refractivity contribution is -0.142. The summed E-state index contributed by atoms with van der Waals surface area (Å²) in [6.07, 6.45) is -7.85. The Morgan fingerprint density at radius 1 is 0.608 bits per heavy atom. The first-order valence-electron chi connectivity index (χ1n) is 23.3. The predicted molar refractivity (Wildman–Crippen MR) is 285 cm³/mol. The van der Waals surface area contributed by atoms with Gasteiger partial charge in [-0.05, 0) is 74.2 Å². The number of anilines is 2. The van der Waals surface area contributed by atoms with Crippen molar-refractivity contribution in [3.8, 4) is 0 Å². The predicted octanol–water partition coefficient (Wildman–Crippen LogP) is 8.01. The average molecular weight is 1150 g/mol. The molecule has 4 aromatic carbocycles. The number of halogens is 6. The fourth-order valence-corrected chi connectivity index (χ4v) is 8.91. The lowest BCUT2D eigenvalue weighted by Crippen LogP contribution is -2.31. The molecule has 2 atom stereocenters. The van der Waals surface area contributed by atoms with Crippen molar-refractivity contribution in [1.29, 1.82) is 0 Å². The Balaban J connectivity index is 0.000000308. The van der Waals surface area contributed by atoms with Gasteiger partial charge in [0.1, 0.15) is 22.8 Å². The molecule has 428 valence electrons. The van der Waals surface area contributed by atoms with Crippen LogP contribution in [0.25, 0.3) is 0 Å². The molecule has 79 heavy (non-hydrogen) atoms. The summed E-state index contributed by atoms with van der Waals surface area (Å²) in [6.45, 7) is 9.01. The van der Waals surface area contributed by atoms with Crippen LogP contribution >= 0.6 is 0 Å². The van der Waals surface area contributed by atoms with Crippen LogP contribution in [0.4, 0.5) is 38.0 Å². The van der Waals surface area contributed by atoms with E-state index in [2.05, 4.69) is 26.0 Å². The quantitative estimate of drug-likeness (QED) is 0.0688. The summed E-state index contributed by atoms with van der Waals surface area (Å²) < 4.78 is 129. The maximum absolute atomic E-state index is 13.9. The number of hydrogen-bond donors (Lipinski definition) is 5. The van der Waals surface area contributed by atoms with Gasteiger partial charge in [-0.1, -0.05) is 98.8 Å². The minimum atomic E-state index is -4.84. The van der Waals surface area contributed by atoms with Crippen molar-refractivity contribution in [3.05, 3.63) is 164 Å². The van der Waals surface area contributed by atoms with Gasteiger partial charge < -0.3 is 25.5 Å². The van der Waals surface area contributed by atoms with Gasteiger partial charge in [0.2, 0.25) is 20.0 Å². The molecule has 0 aliphatic carbocycles. The smallest absolute Gasteiger partial charge is 0.436 e. The molecular formula is C52H62F6N10O9S2. The number of nitrogens with two attached hydrogens (primary N) is 1. The van der Waals surface area contributed by atoms with Crippen molar-refractivity contribution in [2.24, 2.45) is 5.14 Å². The zero-order chi connectivity index (χ0) is 56.9. The number of aromatic nitrogens is 4. The highest BCUT2D eigenvalue weighted by Crippen LogP contribution is 2.40. The molecule has 0 saturated heterocycles. The highest BCUT2D eigenvalue weighted by molar-refractivity contribution is 7.89. The first-order chi connectivity index (χ1) is 35.8. The first kappa shape index (κ1) is 63.8. The van der Waals surface area contributed by atoms with Gasteiger partial charge in [-0.3, -0.25) is 14.4 Å². The molecule has 0 unspecified atom stereocenters. The molecule has 0 spiro atoms. The maximum atomic E-state index is 13.9. The van der Waals surface area contributed by atoms with Crippen LogP contribution in [0.15, 0.2) is 97.1 Å². The Kier molecular flexibility index (Phi) is 20.5. The minimum Gasteiger partial charge on any atom is -0.478 e. The van der Waals surface area contributed by atoms with Crippen molar-refractivity contribution in [3.63, 3.8) is 0 Å². The molecular weight excluding hydrogens is 1090 g/mol. The molecule has 0 fully saturated rings. The summed E-state index contributed by atoms with van der Waals surface area (Å²) >= 11 is 0. The molecule has 0 saturated carbocycles. The number of primary sulfonamides is 1. The second kappa shape index (κ2) is 25.3. The molecule has 4 heterocycles. The van der Waals surface area contributed by atoms with Gasteiger partial charge in [0.25, 0.3) is 17.7 Å². The summed E-state index contributed by atoms with van der Waals surface area (Å²) in [5.41, 5.74) is 1.54. The number of rotatable bonds is 13. The van der Waals surface area contributed by atoms with Crippen LogP contribution in [0.1, 0.15) is 127 Å². The largest absolute Gasteiger partial charge is 0.478 e. The van der Waals surface area contributed by atoms with Crippen LogP contribution in [-0.2, 0) is 58.6 Å². The monoisotopic (exact) mass is 1150 g/mol. The van der Waals surface area contributed by atoms with E-state index in [0.717, 1.165) is 34.8 Å². The highest BCUT2D eigenvalue weighted by atomic mass is 32.2. The van der Waals surface area contributed by atoms with Gasteiger partial charge in [-0.25, -0.2) is 40.9 Å². The van der Waals surface area contributed by atoms with E-state index in [1.165, 1.54) is 57.9 Å². The van der Waals surface area contributed by atoms with E-state index < -0.39 is 90.7 Å². The third-order valence-electron chi connectivity index (χ3n) is 11.8. The molecule has 8 rings (SSSR count). The molecule has 2 aliphatic heterocycles. The van der Waals surface area contributed by atoms with Crippen molar-refractivity contribution in [1.82, 2.24) is 34.9 Å². The van der Waals surface area contributed by atoms with Crippen LogP contribution in [0.2, 0.25) is 0 Å². The molecule has 2 aliphatic rings. The second-order valence-electron chi connectivity index (χ2n) is 18.3. The molecule has 6 aromatic rings. The van der Waals surface area contributed by atoms with Crippen molar-refractivity contribution >= 4 is 55.4 Å². The summed E-state index contributed by atoms with van der Waals surface area (Å²) in [6, 6.07) is 25.4. The fraction of sp³-hybridized carbons (Fsp3) is 0.346. The molecule has 6 N–H and O–H groups in total. The summed E-state index contributed by atoms with van der Waals surface area (Å²) in [7, 11) is -6.91. The van der Waals surface area contributed by atoms with Crippen molar-refractivity contribution < 1.29 is 67.5 Å². The van der Waals surface area contributed by atoms with Gasteiger partial charge in [-0.15, -0.1) is 0 Å². The molecule has 2 aromatic heterocycles. The number of carboxylic acid groups (broad SMARTS) is 1. The molecule has 3 amide bonds. The normalized spacial score (nSPS) is 13.6. The second-order valence-corrected chi connectivity index (χ2v) is 21.7. The number of alkyl halides is 6. The molecule has 0 bridgehead atoms. The zero-order valence-electron chi connectivity index (χ0n) is 42.2. The Labute approximate surface area is 453 Å². The Bertz CT molecular complexity index is 3400. The number of nitrogens with one attached hydrogen (secondary N) is 3. The molecule has 0 radical (unpaired) electrons. The van der Waals surface area contributed by atoms with Crippen molar-refractivity contribution in [2.75, 3.05) is 35.4 Å². The number of carbonyl (C=O) groups excluding carboxylic acids is 3. The fourth-order valence-electron chi connectivity index (χ4n) is 8.46. The standard InChI is InChI=1S/C25H26F3N5O4S.C24H23F3N4O3.CH5NO2S.2CH4/c1-15-5-4-6-17(13-15)14-32-11-12-33-24(32)20(21(30-33)25(26,27)28)23(35)29-16(2)18-7-9-19(10-8-18)22(34)31-38(3,36)37;1-14-4-3-5-16(12-14)13-30-10-11-31-22(30)19(20(29-31)24(25,26)27)21(32)28-15(2)17-6-8-18(9-7-17)23(33)34;1-5(2,3)4;;/h4-10,13,16H,11-12,14H2,1-3H3,(H,29,35)(H,31,34);3-9,12,15H,10-11,13H2,1-2H3,(H,28,32)(H,33,34);1H3,(H2,2,3,4);2*1H4/t16-;15-;;;/m00.../s1. The SMILES string of the molecule is C.C.CS(N)(=O)=O.Cc1cccc(CN2CCn3nc(C(F)(F)F)c(C(=O)N[C@@H](C)c4ccc(C(=O)NS(C)(=O)=O)cc4)c32)c1.Cc1cccc(CN2CCn3nc(C(F)(F)F)c(C(=O)N[C@@H](C)c4ccc(C(=O)O)cc4)c32)c1. The third kappa shape index (κ3) is 16.9. The van der Waals surface area contributed by atoms with Gasteiger partial charge in [0, 0.05) is 31.7 Å². The van der Waals surface area contributed by atoms with Crippen molar-refractivity contribution in [2.45, 2.75) is 93.2 Å². The van der Waals surface area contributed by atoms with Gasteiger partial charge >= 0.3 is 18.3 Å². The number of sulfonamides is 2. The van der Waals surface area contributed by atoms with E-state index >= 15 is 0 Å². The lowest BCUT2D eigenvalue weighted by atomic mass is 10.0. The van der Waals surface area contributed by atoms with Gasteiger partial charge in [0.15, 0.2) is 11.4 Å². The van der Waals surface area contributed by atoms with Crippen LogP contribution in [0, 0.1) is 13.8 Å². The number of hydrogen-bond acceptors (Lipinski definition) is 12. The maximum Gasteiger partial charge on any atom is 0.436 e. The zero-order valence-corrected chi connectivity index (χ0v) is 43.8. The number of aromatic carboxylic acids is 1. The van der Waals surface area contributed by atoms with E-state index in [9.17, 15) is 62.4 Å². The Hall–Kier alpha value is -7.78. The topological polar surface area (TPSA) is 261 Å². The Morgan fingerprint density at radius 3 is 1.28 bits per heavy atom. The highest BCUT2D eigenvalue weighted by Gasteiger charge is 2.46. The van der Waals surface area contributed by atoms with E-state index in [4.69, 9.17) is 5.11 Å². The molecule has 19 nitrogen and oxygen atoms in total. The number of aryl methyl sites for hydroxylation is 2. The third-order valence-corrected chi connectivity index (χ3v) is 12.4. The lowest BCUT2D eigenvalue weighted by Gasteiger charge is -2.21. The van der Waals surface area contributed by atoms with Crippen LogP contribution in [0.5, 0.6) is 0 Å². The number of benzene rings is 4. The summed E-state index contributed by atoms with van der Waals surface area (Å²) in [5.74, 6) is -3.49. The van der Waals surface area contributed by atoms with E-state index in [0.29, 0.717) is 37.3 Å². The molecule has 27 heteroatoms. The summed E-state index contributed by atoms with van der Waals surface area (Å²) in [5, 5.41) is 26.0. The number of nitrogens with zero attached hydrogens (tertiary/aromatic N) is 6. The van der Waals surface area contributed by atoms with E-state index in [1.807, 2.05) is 67.1 Å². The van der Waals surface area contributed by atoms with Crippen LogP contribution in [-0.4, -0.2) is 90.8 Å². The van der Waals surface area contributed by atoms with Crippen LogP contribution < -0.4 is 30.3 Å². The number of carboxylic acids is 1. The number of carbonyl (C=O) groups is 4. The van der Waals surface area contributed by atoms with E-state index in [1.54, 1.807) is 23.6 Å². The minimum absolute atomic E-state index is 0.